The first kappa shape index (κ1) is 12.0. The molecule has 2 N–H and O–H groups in total. The normalized spacial score (nSPS) is 16.7. The van der Waals surface area contributed by atoms with Crippen molar-refractivity contribution < 1.29 is 9.72 Å². The van der Waals surface area contributed by atoms with Gasteiger partial charge in [-0.15, -0.1) is 0 Å². The first-order valence-corrected chi connectivity index (χ1v) is 6.29. The van der Waals surface area contributed by atoms with Crippen LogP contribution in [0.15, 0.2) is 11.4 Å². The van der Waals surface area contributed by atoms with Gasteiger partial charge in [0.1, 0.15) is 0 Å². The Hall–Kier alpha value is -1.47. The van der Waals surface area contributed by atoms with Crippen LogP contribution in [0.5, 0.6) is 0 Å². The third-order valence-electron chi connectivity index (χ3n) is 2.70. The van der Waals surface area contributed by atoms with Crippen molar-refractivity contribution in [2.75, 3.05) is 13.1 Å². The molecule has 1 saturated heterocycles. The van der Waals surface area contributed by atoms with Crippen molar-refractivity contribution in [1.29, 1.82) is 0 Å². The van der Waals surface area contributed by atoms with Crippen LogP contribution >= 0.6 is 11.3 Å². The van der Waals surface area contributed by atoms with E-state index in [9.17, 15) is 14.9 Å². The minimum absolute atomic E-state index is 0.000427. The molecule has 1 aliphatic rings. The fraction of sp³-hybridized carbons (Fsp3) is 0.500. The fourth-order valence-electron chi connectivity index (χ4n) is 1.77. The molecule has 0 atom stereocenters. The molecule has 0 saturated carbocycles. The third-order valence-corrected chi connectivity index (χ3v) is 3.58. The van der Waals surface area contributed by atoms with Gasteiger partial charge in [-0.3, -0.25) is 14.9 Å². The van der Waals surface area contributed by atoms with Crippen LogP contribution < -0.4 is 10.6 Å². The fourth-order valence-corrected chi connectivity index (χ4v) is 2.48. The van der Waals surface area contributed by atoms with Gasteiger partial charge in [0.25, 0.3) is 5.91 Å². The van der Waals surface area contributed by atoms with Crippen molar-refractivity contribution >= 4 is 22.2 Å². The SMILES string of the molecule is O=C(NC1CCNCC1)c1csc([N+](=O)[O-])c1. The number of nitrogens with one attached hydrogen (secondary N) is 2. The Balaban J connectivity index is 1.96. The van der Waals surface area contributed by atoms with Crippen molar-refractivity contribution in [3.8, 4) is 0 Å². The summed E-state index contributed by atoms with van der Waals surface area (Å²) in [5.41, 5.74) is 0.375. The summed E-state index contributed by atoms with van der Waals surface area (Å²) in [6.07, 6.45) is 1.80. The molecule has 7 heteroatoms. The number of hydrogen-bond acceptors (Lipinski definition) is 5. The van der Waals surface area contributed by atoms with Crippen molar-refractivity contribution in [2.24, 2.45) is 0 Å². The summed E-state index contributed by atoms with van der Waals surface area (Å²) in [4.78, 5) is 21.8. The molecule has 0 spiro atoms. The molecule has 0 unspecified atom stereocenters. The molecule has 1 fully saturated rings. The molecule has 1 amide bonds. The number of carbonyl (C=O) groups is 1. The highest BCUT2D eigenvalue weighted by atomic mass is 32.1. The smallest absolute Gasteiger partial charge is 0.324 e. The number of nitrogens with zero attached hydrogens (tertiary/aromatic N) is 1. The van der Waals surface area contributed by atoms with Gasteiger partial charge in [0.2, 0.25) is 0 Å². The summed E-state index contributed by atoms with van der Waals surface area (Å²) in [6.45, 7) is 1.80. The van der Waals surface area contributed by atoms with E-state index in [1.54, 1.807) is 0 Å². The lowest BCUT2D eigenvalue weighted by Gasteiger charge is -2.23. The molecular formula is C10H13N3O3S. The molecular weight excluding hydrogens is 242 g/mol. The first-order chi connectivity index (χ1) is 8.16. The second-order valence-electron chi connectivity index (χ2n) is 3.93. The van der Waals surface area contributed by atoms with Gasteiger partial charge in [-0.2, -0.15) is 0 Å². The quantitative estimate of drug-likeness (QED) is 0.626. The van der Waals surface area contributed by atoms with Crippen LogP contribution in [0.4, 0.5) is 5.00 Å². The summed E-state index contributed by atoms with van der Waals surface area (Å²) >= 11 is 0.976. The average molecular weight is 255 g/mol. The summed E-state index contributed by atoms with van der Waals surface area (Å²) in [5, 5.41) is 18.1. The van der Waals surface area contributed by atoms with Gasteiger partial charge < -0.3 is 10.6 Å². The number of carbonyl (C=O) groups excluding carboxylic acids is 1. The number of rotatable bonds is 3. The minimum atomic E-state index is -0.480. The first-order valence-electron chi connectivity index (χ1n) is 5.41. The average Bonchev–Trinajstić information content (AvgIpc) is 2.79. The van der Waals surface area contributed by atoms with Crippen LogP contribution in [0.25, 0.3) is 0 Å². The summed E-state index contributed by atoms with van der Waals surface area (Å²) in [7, 11) is 0. The number of thiophene rings is 1. The summed E-state index contributed by atoms with van der Waals surface area (Å²) in [6, 6.07) is 1.49. The van der Waals surface area contributed by atoms with Crippen molar-refractivity contribution in [1.82, 2.24) is 10.6 Å². The van der Waals surface area contributed by atoms with Crippen LogP contribution in [0.3, 0.4) is 0 Å². The molecule has 0 radical (unpaired) electrons. The largest absolute Gasteiger partial charge is 0.349 e. The van der Waals surface area contributed by atoms with Crippen LogP contribution in [0.1, 0.15) is 23.2 Å². The van der Waals surface area contributed by atoms with E-state index in [1.165, 1.54) is 11.4 Å². The number of amides is 1. The maximum absolute atomic E-state index is 11.8. The lowest BCUT2D eigenvalue weighted by Crippen LogP contribution is -2.42. The molecule has 1 aromatic rings. The van der Waals surface area contributed by atoms with Gasteiger partial charge in [0, 0.05) is 17.5 Å². The van der Waals surface area contributed by atoms with E-state index in [1.807, 2.05) is 0 Å². The maximum Gasteiger partial charge on any atom is 0.324 e. The van der Waals surface area contributed by atoms with E-state index in [4.69, 9.17) is 0 Å². The lowest BCUT2D eigenvalue weighted by atomic mass is 10.1. The topological polar surface area (TPSA) is 84.3 Å². The molecule has 0 bridgehead atoms. The highest BCUT2D eigenvalue weighted by Gasteiger charge is 2.19. The van der Waals surface area contributed by atoms with E-state index in [-0.39, 0.29) is 17.0 Å². The standard InChI is InChI=1S/C10H13N3O3S/c14-10(12-8-1-3-11-4-2-8)7-5-9(13(15)16)17-6-7/h5-6,8,11H,1-4H2,(H,12,14). The van der Waals surface area contributed by atoms with Crippen molar-refractivity contribution in [3.05, 3.63) is 27.1 Å². The van der Waals surface area contributed by atoms with E-state index in [2.05, 4.69) is 10.6 Å². The van der Waals surface area contributed by atoms with E-state index >= 15 is 0 Å². The monoisotopic (exact) mass is 255 g/mol. The highest BCUT2D eigenvalue weighted by molar-refractivity contribution is 7.13. The van der Waals surface area contributed by atoms with Crippen molar-refractivity contribution in [3.63, 3.8) is 0 Å². The third kappa shape index (κ3) is 3.01. The van der Waals surface area contributed by atoms with Gasteiger partial charge in [0.15, 0.2) is 0 Å². The Bertz CT molecular complexity index is 426. The number of piperidine rings is 1. The Labute approximate surface area is 102 Å². The summed E-state index contributed by atoms with van der Waals surface area (Å²) in [5.74, 6) is -0.221. The zero-order valence-electron chi connectivity index (χ0n) is 9.14. The Morgan fingerprint density at radius 2 is 2.24 bits per heavy atom. The molecule has 2 heterocycles. The Kier molecular flexibility index (Phi) is 3.70. The highest BCUT2D eigenvalue weighted by Crippen LogP contribution is 2.22. The number of nitro groups is 1. The van der Waals surface area contributed by atoms with Crippen LogP contribution in [-0.4, -0.2) is 30.0 Å². The predicted octanol–water partition coefficient (Wildman–Crippen LogP) is 1.14. The molecule has 1 aromatic heterocycles. The van der Waals surface area contributed by atoms with E-state index in [0.717, 1.165) is 37.3 Å². The zero-order valence-corrected chi connectivity index (χ0v) is 9.96. The van der Waals surface area contributed by atoms with Crippen LogP contribution in [0, 0.1) is 10.1 Å². The number of hydrogen-bond donors (Lipinski definition) is 2. The Morgan fingerprint density at radius 3 is 2.82 bits per heavy atom. The molecule has 0 aromatic carbocycles. The molecule has 6 nitrogen and oxygen atoms in total. The van der Waals surface area contributed by atoms with Gasteiger partial charge in [-0.1, -0.05) is 11.3 Å². The van der Waals surface area contributed by atoms with E-state index in [0.29, 0.717) is 5.56 Å². The predicted molar refractivity (Wildman–Crippen MR) is 64.3 cm³/mol. The second-order valence-corrected chi connectivity index (χ2v) is 4.82. The van der Waals surface area contributed by atoms with Crippen LogP contribution in [0.2, 0.25) is 0 Å². The van der Waals surface area contributed by atoms with Crippen LogP contribution in [-0.2, 0) is 0 Å². The second kappa shape index (κ2) is 5.24. The van der Waals surface area contributed by atoms with Gasteiger partial charge in [-0.05, 0) is 25.9 Å². The van der Waals surface area contributed by atoms with Gasteiger partial charge in [0.05, 0.1) is 10.5 Å². The van der Waals surface area contributed by atoms with Gasteiger partial charge in [-0.25, -0.2) is 0 Å². The lowest BCUT2D eigenvalue weighted by molar-refractivity contribution is -0.380. The molecule has 92 valence electrons. The Morgan fingerprint density at radius 1 is 1.53 bits per heavy atom. The van der Waals surface area contributed by atoms with Crippen molar-refractivity contribution in [2.45, 2.75) is 18.9 Å². The minimum Gasteiger partial charge on any atom is -0.349 e. The molecule has 1 aliphatic heterocycles. The van der Waals surface area contributed by atoms with Gasteiger partial charge >= 0.3 is 5.00 Å². The van der Waals surface area contributed by atoms with E-state index < -0.39 is 4.92 Å². The molecule has 2 rings (SSSR count). The summed E-state index contributed by atoms with van der Waals surface area (Å²) < 4.78 is 0. The molecule has 17 heavy (non-hydrogen) atoms. The maximum atomic E-state index is 11.8. The zero-order chi connectivity index (χ0) is 12.3. The molecule has 0 aliphatic carbocycles.